The smallest absolute Gasteiger partial charge is 0.320 e. The molecule has 4 heteroatoms. The lowest BCUT2D eigenvalue weighted by Gasteiger charge is -2.50. The number of fused-ring (bicyclic) bond motifs is 5. The predicted octanol–water partition coefficient (Wildman–Crippen LogP) is 3.72. The van der Waals surface area contributed by atoms with Crippen molar-refractivity contribution in [3.8, 4) is 5.75 Å². The van der Waals surface area contributed by atoms with Crippen LogP contribution in [0, 0.1) is 17.3 Å². The molecule has 5 atom stereocenters. The molecule has 0 amide bonds. The van der Waals surface area contributed by atoms with Gasteiger partial charge in [-0.2, -0.15) is 0 Å². The van der Waals surface area contributed by atoms with Crippen LogP contribution < -0.4 is 0 Å². The number of aromatic hydroxyl groups is 1. The highest BCUT2D eigenvalue weighted by molar-refractivity contribution is 5.71. The summed E-state index contributed by atoms with van der Waals surface area (Å²) in [7, 11) is 3.81. The van der Waals surface area contributed by atoms with Crippen LogP contribution in [-0.4, -0.2) is 42.7 Å². The van der Waals surface area contributed by atoms with Crippen molar-refractivity contribution in [2.24, 2.45) is 17.3 Å². The predicted molar refractivity (Wildman–Crippen MR) is 101 cm³/mol. The number of hydrogen-bond donors (Lipinski definition) is 1. The number of benzene rings is 1. The maximum atomic E-state index is 12.2. The molecule has 5 unspecified atom stereocenters. The van der Waals surface area contributed by atoms with Crippen LogP contribution in [0.1, 0.15) is 56.1 Å². The highest BCUT2D eigenvalue weighted by atomic mass is 16.5. The van der Waals surface area contributed by atoms with E-state index in [0.717, 1.165) is 25.7 Å². The SMILES string of the molecule is CN(C)CC(=O)OC1CCC2C3CCc4cc(O)ccc4C3CCC12C. The van der Waals surface area contributed by atoms with E-state index in [-0.39, 0.29) is 17.5 Å². The number of likely N-dealkylation sites (N-methyl/N-ethyl adjacent to an activating group) is 1. The summed E-state index contributed by atoms with van der Waals surface area (Å²) in [6.07, 6.45) is 6.79. The Morgan fingerprint density at radius 1 is 1.27 bits per heavy atom. The van der Waals surface area contributed by atoms with Gasteiger partial charge in [-0.05, 0) is 93.6 Å². The molecule has 4 nitrogen and oxygen atoms in total. The quantitative estimate of drug-likeness (QED) is 0.838. The van der Waals surface area contributed by atoms with E-state index in [4.69, 9.17) is 4.74 Å². The van der Waals surface area contributed by atoms with Gasteiger partial charge < -0.3 is 9.84 Å². The lowest BCUT2D eigenvalue weighted by molar-refractivity contribution is -0.158. The minimum Gasteiger partial charge on any atom is -0.508 e. The Kier molecular flexibility index (Phi) is 4.50. The number of hydrogen-bond acceptors (Lipinski definition) is 4. The highest BCUT2D eigenvalue weighted by Gasteiger charge is 2.56. The molecule has 1 N–H and O–H groups in total. The minimum absolute atomic E-state index is 0.0714. The Bertz CT molecular complexity index is 701. The number of rotatable bonds is 3. The monoisotopic (exact) mass is 357 g/mol. The van der Waals surface area contributed by atoms with Crippen LogP contribution in [-0.2, 0) is 16.0 Å². The molecule has 0 heterocycles. The van der Waals surface area contributed by atoms with Crippen molar-refractivity contribution >= 4 is 5.97 Å². The summed E-state index contributed by atoms with van der Waals surface area (Å²) in [6.45, 7) is 2.72. The van der Waals surface area contributed by atoms with Gasteiger partial charge in [0.1, 0.15) is 11.9 Å². The van der Waals surface area contributed by atoms with Crippen LogP contribution in [0.15, 0.2) is 18.2 Å². The van der Waals surface area contributed by atoms with Crippen LogP contribution in [0.25, 0.3) is 0 Å². The summed E-state index contributed by atoms with van der Waals surface area (Å²) in [6, 6.07) is 5.95. The number of aryl methyl sites for hydroxylation is 1. The van der Waals surface area contributed by atoms with E-state index in [0.29, 0.717) is 30.0 Å². The molecule has 26 heavy (non-hydrogen) atoms. The summed E-state index contributed by atoms with van der Waals surface area (Å²) in [4.78, 5) is 14.1. The largest absolute Gasteiger partial charge is 0.508 e. The fourth-order valence-electron chi connectivity index (χ4n) is 6.17. The van der Waals surface area contributed by atoms with Gasteiger partial charge in [0.2, 0.25) is 0 Å². The second-order valence-corrected chi connectivity index (χ2v) is 9.14. The van der Waals surface area contributed by atoms with E-state index < -0.39 is 0 Å². The summed E-state index contributed by atoms with van der Waals surface area (Å²) >= 11 is 0. The average molecular weight is 357 g/mol. The molecule has 1 aromatic rings. The molecular weight excluding hydrogens is 326 g/mol. The third-order valence-corrected chi connectivity index (χ3v) is 7.34. The van der Waals surface area contributed by atoms with Crippen molar-refractivity contribution in [2.75, 3.05) is 20.6 Å². The van der Waals surface area contributed by atoms with E-state index in [9.17, 15) is 9.90 Å². The zero-order valence-electron chi connectivity index (χ0n) is 16.2. The van der Waals surface area contributed by atoms with Crippen LogP contribution in [0.2, 0.25) is 0 Å². The maximum Gasteiger partial charge on any atom is 0.320 e. The van der Waals surface area contributed by atoms with E-state index in [1.54, 1.807) is 0 Å². The lowest BCUT2D eigenvalue weighted by Crippen LogP contribution is -2.45. The second kappa shape index (κ2) is 6.56. The van der Waals surface area contributed by atoms with Crippen molar-refractivity contribution in [3.63, 3.8) is 0 Å². The number of carbonyl (C=O) groups is 1. The molecule has 142 valence electrons. The lowest BCUT2D eigenvalue weighted by atomic mass is 9.55. The Hall–Kier alpha value is -1.55. The minimum atomic E-state index is -0.0894. The molecule has 0 bridgehead atoms. The molecule has 3 aliphatic rings. The first-order chi connectivity index (χ1) is 12.4. The molecular formula is C22H31NO3. The third kappa shape index (κ3) is 2.92. The third-order valence-electron chi connectivity index (χ3n) is 7.34. The Balaban J connectivity index is 1.53. The fourth-order valence-corrected chi connectivity index (χ4v) is 6.17. The number of ether oxygens (including phenoxy) is 1. The molecule has 1 aromatic carbocycles. The summed E-state index contributed by atoms with van der Waals surface area (Å²) in [5.41, 5.74) is 2.91. The molecule has 4 rings (SSSR count). The van der Waals surface area contributed by atoms with Crippen molar-refractivity contribution in [3.05, 3.63) is 29.3 Å². The summed E-state index contributed by atoms with van der Waals surface area (Å²) in [5, 5.41) is 9.80. The fraction of sp³-hybridized carbons (Fsp3) is 0.682. The van der Waals surface area contributed by atoms with Gasteiger partial charge in [0.25, 0.3) is 0 Å². The number of carbonyl (C=O) groups excluding carboxylic acids is 1. The van der Waals surface area contributed by atoms with Crippen molar-refractivity contribution in [1.29, 1.82) is 0 Å². The van der Waals surface area contributed by atoms with Gasteiger partial charge in [0.15, 0.2) is 0 Å². The number of phenolic OH excluding ortho intramolecular Hbond substituents is 1. The molecule has 0 aliphatic heterocycles. The molecule has 0 radical (unpaired) electrons. The number of phenols is 1. The first kappa shape index (κ1) is 17.8. The Morgan fingerprint density at radius 3 is 2.85 bits per heavy atom. The molecule has 0 aromatic heterocycles. The highest BCUT2D eigenvalue weighted by Crippen LogP contribution is 2.61. The maximum absolute atomic E-state index is 12.2. The molecule has 0 spiro atoms. The zero-order valence-corrected chi connectivity index (χ0v) is 16.2. The zero-order chi connectivity index (χ0) is 18.5. The first-order valence-electron chi connectivity index (χ1n) is 10.0. The van der Waals surface area contributed by atoms with Crippen molar-refractivity contribution in [1.82, 2.24) is 4.90 Å². The normalized spacial score (nSPS) is 35.5. The van der Waals surface area contributed by atoms with Gasteiger partial charge in [-0.15, -0.1) is 0 Å². The average Bonchev–Trinajstić information content (AvgIpc) is 2.90. The van der Waals surface area contributed by atoms with E-state index in [1.807, 2.05) is 31.1 Å². The van der Waals surface area contributed by atoms with Gasteiger partial charge in [0, 0.05) is 5.41 Å². The molecule has 3 aliphatic carbocycles. The van der Waals surface area contributed by atoms with Crippen LogP contribution in [0.4, 0.5) is 0 Å². The molecule has 2 saturated carbocycles. The Morgan fingerprint density at radius 2 is 2.08 bits per heavy atom. The van der Waals surface area contributed by atoms with Gasteiger partial charge >= 0.3 is 5.97 Å². The summed E-state index contributed by atoms with van der Waals surface area (Å²) < 4.78 is 5.95. The summed E-state index contributed by atoms with van der Waals surface area (Å²) in [5.74, 6) is 2.22. The van der Waals surface area contributed by atoms with Crippen LogP contribution in [0.3, 0.4) is 0 Å². The molecule has 0 saturated heterocycles. The van der Waals surface area contributed by atoms with Crippen LogP contribution >= 0.6 is 0 Å². The van der Waals surface area contributed by atoms with Crippen LogP contribution in [0.5, 0.6) is 5.75 Å². The van der Waals surface area contributed by atoms with Gasteiger partial charge in [-0.25, -0.2) is 0 Å². The van der Waals surface area contributed by atoms with Gasteiger partial charge in [-0.1, -0.05) is 13.0 Å². The standard InChI is InChI=1S/C22H31NO3/c1-22-11-10-17-16-7-5-15(24)12-14(16)4-6-18(17)19(22)8-9-20(22)26-21(25)13-23(2)3/h5,7,12,17-20,24H,4,6,8-11,13H2,1-3H3. The Labute approximate surface area is 156 Å². The van der Waals surface area contributed by atoms with Gasteiger partial charge in [0.05, 0.1) is 6.54 Å². The van der Waals surface area contributed by atoms with Crippen molar-refractivity contribution in [2.45, 2.75) is 57.5 Å². The van der Waals surface area contributed by atoms with Gasteiger partial charge in [-0.3, -0.25) is 9.69 Å². The van der Waals surface area contributed by atoms with Crippen molar-refractivity contribution < 1.29 is 14.6 Å². The van der Waals surface area contributed by atoms with E-state index in [1.165, 1.54) is 24.0 Å². The molecule has 2 fully saturated rings. The second-order valence-electron chi connectivity index (χ2n) is 9.14. The first-order valence-corrected chi connectivity index (χ1v) is 10.0. The number of nitrogens with zero attached hydrogens (tertiary/aromatic N) is 1. The topological polar surface area (TPSA) is 49.8 Å². The number of esters is 1. The van der Waals surface area contributed by atoms with E-state index in [2.05, 4.69) is 13.0 Å². The van der Waals surface area contributed by atoms with E-state index >= 15 is 0 Å².